The number of piperidine rings is 1. The predicted octanol–water partition coefficient (Wildman–Crippen LogP) is 2.09. The molecular weight excluding hydrogens is 371 g/mol. The number of nitrogens with zero attached hydrogens (tertiary/aromatic N) is 1. The Morgan fingerprint density at radius 3 is 2.52 bits per heavy atom. The van der Waals surface area contributed by atoms with Gasteiger partial charge in [0.15, 0.2) is 0 Å². The van der Waals surface area contributed by atoms with E-state index < -0.39 is 22.2 Å². The van der Waals surface area contributed by atoms with Gasteiger partial charge in [-0.1, -0.05) is 12.1 Å². The molecule has 1 aromatic heterocycles. The summed E-state index contributed by atoms with van der Waals surface area (Å²) in [7, 11) is -3.75. The highest BCUT2D eigenvalue weighted by Gasteiger charge is 2.33. The fourth-order valence-corrected chi connectivity index (χ4v) is 4.87. The van der Waals surface area contributed by atoms with Gasteiger partial charge in [-0.3, -0.25) is 0 Å². The summed E-state index contributed by atoms with van der Waals surface area (Å²) in [6, 6.07) is 10.9. The lowest BCUT2D eigenvalue weighted by Gasteiger charge is -2.32. The molecule has 0 saturated carbocycles. The highest BCUT2D eigenvalue weighted by molar-refractivity contribution is 7.89. The van der Waals surface area contributed by atoms with Crippen molar-refractivity contribution in [1.82, 2.24) is 9.29 Å². The van der Waals surface area contributed by atoms with Gasteiger partial charge in [0.25, 0.3) is 0 Å². The van der Waals surface area contributed by atoms with Crippen molar-refractivity contribution in [2.24, 2.45) is 0 Å². The third-order valence-corrected chi connectivity index (χ3v) is 6.84. The summed E-state index contributed by atoms with van der Waals surface area (Å²) in [5, 5.41) is 20.2. The summed E-state index contributed by atoms with van der Waals surface area (Å²) in [4.78, 5) is 3.14. The van der Waals surface area contributed by atoms with Crippen LogP contribution >= 0.6 is 0 Å². The highest BCUT2D eigenvalue weighted by Crippen LogP contribution is 2.30. The number of aromatic amines is 1. The second-order valence-electron chi connectivity index (χ2n) is 6.70. The van der Waals surface area contributed by atoms with Crippen molar-refractivity contribution < 1.29 is 23.0 Å². The molecule has 0 aliphatic carbocycles. The average molecular weight is 390 g/mol. The number of β-amino-alcohol motifs (C(OH)–C–C–N with tert-alkyl or cyclic N) is 1. The van der Waals surface area contributed by atoms with Gasteiger partial charge in [-0.2, -0.15) is 4.31 Å². The molecule has 27 heavy (non-hydrogen) atoms. The number of aliphatic hydroxyl groups excluding tert-OH is 2. The predicted molar refractivity (Wildman–Crippen MR) is 99.1 cm³/mol. The van der Waals surface area contributed by atoms with E-state index in [1.807, 2.05) is 0 Å². The molecule has 2 aromatic carbocycles. The molecule has 2 heterocycles. The second-order valence-corrected chi connectivity index (χ2v) is 8.64. The molecule has 0 bridgehead atoms. The zero-order valence-electron chi connectivity index (χ0n) is 14.3. The number of rotatable bonds is 3. The van der Waals surface area contributed by atoms with Crippen LogP contribution < -0.4 is 0 Å². The number of aromatic nitrogens is 1. The Bertz CT molecular complexity index is 1080. The van der Waals surface area contributed by atoms with E-state index >= 15 is 0 Å². The maximum atomic E-state index is 13.3. The van der Waals surface area contributed by atoms with E-state index in [2.05, 4.69) is 4.98 Å². The van der Waals surface area contributed by atoms with Gasteiger partial charge >= 0.3 is 0 Å². The minimum absolute atomic E-state index is 0.126. The lowest BCUT2D eigenvalue weighted by molar-refractivity contribution is -0.0191. The smallest absolute Gasteiger partial charge is 0.243 e. The number of hydrogen-bond donors (Lipinski definition) is 3. The van der Waals surface area contributed by atoms with Gasteiger partial charge in [0.05, 0.1) is 17.1 Å². The van der Waals surface area contributed by atoms with Gasteiger partial charge in [-0.15, -0.1) is 0 Å². The van der Waals surface area contributed by atoms with Crippen LogP contribution in [0.5, 0.6) is 0 Å². The third kappa shape index (κ3) is 3.25. The zero-order chi connectivity index (χ0) is 19.2. The molecule has 0 spiro atoms. The van der Waals surface area contributed by atoms with Gasteiger partial charge in [-0.25, -0.2) is 12.8 Å². The van der Waals surface area contributed by atoms with Gasteiger partial charge in [0.2, 0.25) is 10.0 Å². The Kier molecular flexibility index (Phi) is 4.51. The minimum atomic E-state index is -3.75. The molecule has 142 valence electrons. The largest absolute Gasteiger partial charge is 0.390 e. The molecule has 8 heteroatoms. The number of benzene rings is 2. The Labute approximate surface area is 155 Å². The van der Waals surface area contributed by atoms with Crippen LogP contribution in [-0.2, 0) is 10.0 Å². The SMILES string of the molecule is O=S(=O)(c1ccc(-c2c[nH]c3cc(F)ccc23)cc1)N1CC[C@@H](O)C(O)C1. The Morgan fingerprint density at radius 2 is 1.81 bits per heavy atom. The van der Waals surface area contributed by atoms with Crippen LogP contribution in [0.4, 0.5) is 4.39 Å². The maximum absolute atomic E-state index is 13.3. The number of halogens is 1. The standard InChI is InChI=1S/C19H19FN2O4S/c20-13-3-6-15-16(10-21-17(15)9-13)12-1-4-14(5-2-12)27(25,26)22-8-7-18(23)19(24)11-22/h1-6,9-10,18-19,21,23-24H,7-8,11H2/t18-,19?/m1/s1. The van der Waals surface area contributed by atoms with Crippen LogP contribution in [0.25, 0.3) is 22.0 Å². The molecule has 1 fully saturated rings. The molecule has 3 aromatic rings. The van der Waals surface area contributed by atoms with Crippen LogP contribution in [0.1, 0.15) is 6.42 Å². The molecule has 0 amide bonds. The molecule has 1 aliphatic rings. The maximum Gasteiger partial charge on any atom is 0.243 e. The first-order valence-corrected chi connectivity index (χ1v) is 10.0. The van der Waals surface area contributed by atoms with Gasteiger partial charge in [-0.05, 0) is 42.3 Å². The summed E-state index contributed by atoms with van der Waals surface area (Å²) in [5.41, 5.74) is 2.33. The summed E-state index contributed by atoms with van der Waals surface area (Å²) in [6.07, 6.45) is -0.0228. The van der Waals surface area contributed by atoms with E-state index in [1.165, 1.54) is 28.6 Å². The number of nitrogens with one attached hydrogen (secondary N) is 1. The molecule has 4 rings (SSSR count). The van der Waals surface area contributed by atoms with Crippen molar-refractivity contribution in [2.75, 3.05) is 13.1 Å². The first kappa shape index (κ1) is 18.1. The number of fused-ring (bicyclic) bond motifs is 1. The van der Waals surface area contributed by atoms with E-state index in [0.29, 0.717) is 5.52 Å². The Balaban J connectivity index is 1.63. The fraction of sp³-hybridized carbons (Fsp3) is 0.263. The average Bonchev–Trinajstić information content (AvgIpc) is 3.07. The van der Waals surface area contributed by atoms with Crippen molar-refractivity contribution in [2.45, 2.75) is 23.5 Å². The Morgan fingerprint density at radius 1 is 1.07 bits per heavy atom. The van der Waals surface area contributed by atoms with E-state index in [4.69, 9.17) is 0 Å². The quantitative estimate of drug-likeness (QED) is 0.638. The molecule has 0 radical (unpaired) electrons. The molecule has 1 unspecified atom stereocenters. The number of hydrogen-bond acceptors (Lipinski definition) is 4. The van der Waals surface area contributed by atoms with Crippen molar-refractivity contribution in [3.63, 3.8) is 0 Å². The van der Waals surface area contributed by atoms with E-state index in [-0.39, 0.29) is 30.2 Å². The molecule has 3 N–H and O–H groups in total. The lowest BCUT2D eigenvalue weighted by atomic mass is 10.1. The zero-order valence-corrected chi connectivity index (χ0v) is 15.2. The normalized spacial score (nSPS) is 21.6. The van der Waals surface area contributed by atoms with Crippen LogP contribution in [0.15, 0.2) is 53.6 Å². The van der Waals surface area contributed by atoms with Crippen LogP contribution in [-0.4, -0.2) is 53.2 Å². The summed E-state index contributed by atoms with van der Waals surface area (Å²) >= 11 is 0. The number of sulfonamides is 1. The fourth-order valence-electron chi connectivity index (χ4n) is 3.40. The number of H-pyrrole nitrogens is 1. The number of aliphatic hydroxyl groups is 2. The molecule has 1 saturated heterocycles. The van der Waals surface area contributed by atoms with Gasteiger partial charge in [0.1, 0.15) is 5.82 Å². The van der Waals surface area contributed by atoms with Gasteiger partial charge < -0.3 is 15.2 Å². The van der Waals surface area contributed by atoms with Crippen LogP contribution in [0.3, 0.4) is 0 Å². The van der Waals surface area contributed by atoms with E-state index in [1.54, 1.807) is 24.4 Å². The van der Waals surface area contributed by atoms with Crippen molar-refractivity contribution in [1.29, 1.82) is 0 Å². The summed E-state index contributed by atoms with van der Waals surface area (Å²) in [6.45, 7) is 0.0373. The van der Waals surface area contributed by atoms with Crippen LogP contribution in [0, 0.1) is 5.82 Å². The molecule has 6 nitrogen and oxygen atoms in total. The third-order valence-electron chi connectivity index (χ3n) is 4.96. The molecule has 1 aliphatic heterocycles. The van der Waals surface area contributed by atoms with Gasteiger partial charge in [0, 0.05) is 35.8 Å². The van der Waals surface area contributed by atoms with E-state index in [9.17, 15) is 23.0 Å². The lowest BCUT2D eigenvalue weighted by Crippen LogP contribution is -2.48. The summed E-state index contributed by atoms with van der Waals surface area (Å²) < 4.78 is 40.1. The summed E-state index contributed by atoms with van der Waals surface area (Å²) in [5.74, 6) is -0.328. The van der Waals surface area contributed by atoms with E-state index in [0.717, 1.165) is 16.5 Å². The van der Waals surface area contributed by atoms with Crippen molar-refractivity contribution in [3.8, 4) is 11.1 Å². The Hall–Kier alpha value is -2.26. The van der Waals surface area contributed by atoms with Crippen molar-refractivity contribution in [3.05, 3.63) is 54.5 Å². The second kappa shape index (κ2) is 6.72. The van der Waals surface area contributed by atoms with Crippen molar-refractivity contribution >= 4 is 20.9 Å². The first-order valence-electron chi connectivity index (χ1n) is 8.59. The van der Waals surface area contributed by atoms with Crippen LogP contribution in [0.2, 0.25) is 0 Å². The minimum Gasteiger partial charge on any atom is -0.390 e. The topological polar surface area (TPSA) is 93.6 Å². The monoisotopic (exact) mass is 390 g/mol. The molecule has 2 atom stereocenters. The highest BCUT2D eigenvalue weighted by atomic mass is 32.2. The first-order chi connectivity index (χ1) is 12.9. The molecular formula is C19H19FN2O4S.